The van der Waals surface area contributed by atoms with Crippen LogP contribution in [0.2, 0.25) is 0 Å². The van der Waals surface area contributed by atoms with Gasteiger partial charge in [0.25, 0.3) is 0 Å². The predicted molar refractivity (Wildman–Crippen MR) is 185 cm³/mol. The van der Waals surface area contributed by atoms with Crippen LogP contribution in [-0.2, 0) is 9.47 Å². The van der Waals surface area contributed by atoms with Gasteiger partial charge in [0, 0.05) is 26.4 Å². The Morgan fingerprint density at radius 3 is 0.829 bits per heavy atom. The monoisotopic (exact) mass is 579 g/mol. The SMILES string of the molecule is CCCCCCCC/C=C\CCCCCCCCOCCCOCCCCCCCCCCCCCCCCCC. The zero-order valence-electron chi connectivity index (χ0n) is 28.7. The lowest BCUT2D eigenvalue weighted by Crippen LogP contribution is -2.03. The van der Waals surface area contributed by atoms with Crippen molar-refractivity contribution in [2.24, 2.45) is 0 Å². The highest BCUT2D eigenvalue weighted by molar-refractivity contribution is 4.81. The van der Waals surface area contributed by atoms with Gasteiger partial charge in [0.2, 0.25) is 0 Å². The Hall–Kier alpha value is -0.340. The van der Waals surface area contributed by atoms with Crippen LogP contribution in [0.4, 0.5) is 0 Å². The molecule has 0 N–H and O–H groups in total. The lowest BCUT2D eigenvalue weighted by atomic mass is 10.0. The van der Waals surface area contributed by atoms with Crippen molar-refractivity contribution in [2.75, 3.05) is 26.4 Å². The average Bonchev–Trinajstić information content (AvgIpc) is 2.98. The molecule has 0 aliphatic carbocycles. The van der Waals surface area contributed by atoms with Crippen molar-refractivity contribution in [3.63, 3.8) is 0 Å². The first kappa shape index (κ1) is 40.7. The van der Waals surface area contributed by atoms with E-state index in [0.29, 0.717) is 0 Å². The number of allylic oxidation sites excluding steroid dienone is 2. The van der Waals surface area contributed by atoms with E-state index >= 15 is 0 Å². The van der Waals surface area contributed by atoms with Crippen LogP contribution in [0.1, 0.15) is 213 Å². The molecular formula is C39H78O2. The molecule has 0 amide bonds. The standard InChI is InChI=1S/C39H78O2/c1-3-5-7-9-11-13-15-17-19-21-23-25-27-29-31-33-36-40-38-35-39-41-37-34-32-30-28-26-24-22-20-18-16-14-12-10-8-6-4-2/h17,19H,3-16,18,20-39H2,1-2H3/b19-17-. The molecule has 246 valence electrons. The van der Waals surface area contributed by atoms with Gasteiger partial charge in [-0.25, -0.2) is 0 Å². The summed E-state index contributed by atoms with van der Waals surface area (Å²) in [6.45, 7) is 8.19. The maximum absolute atomic E-state index is 5.80. The first-order valence-corrected chi connectivity index (χ1v) is 19.2. The van der Waals surface area contributed by atoms with Crippen LogP contribution in [0.3, 0.4) is 0 Å². The molecule has 2 nitrogen and oxygen atoms in total. The minimum atomic E-state index is 0.865. The second-order valence-electron chi connectivity index (χ2n) is 12.8. The van der Waals surface area contributed by atoms with Gasteiger partial charge < -0.3 is 9.47 Å². The number of hydrogen-bond donors (Lipinski definition) is 0. The summed E-state index contributed by atoms with van der Waals surface area (Å²) < 4.78 is 11.6. The lowest BCUT2D eigenvalue weighted by molar-refractivity contribution is 0.0794. The van der Waals surface area contributed by atoms with Gasteiger partial charge in [-0.1, -0.05) is 180 Å². The number of ether oxygens (including phenoxy) is 2. The zero-order valence-corrected chi connectivity index (χ0v) is 28.7. The van der Waals surface area contributed by atoms with Gasteiger partial charge >= 0.3 is 0 Å². The maximum atomic E-state index is 5.80. The highest BCUT2D eigenvalue weighted by Crippen LogP contribution is 2.14. The first-order chi connectivity index (χ1) is 20.4. The van der Waals surface area contributed by atoms with Crippen molar-refractivity contribution in [1.82, 2.24) is 0 Å². The number of hydrogen-bond acceptors (Lipinski definition) is 2. The Balaban J connectivity index is 3.05. The van der Waals surface area contributed by atoms with E-state index in [-0.39, 0.29) is 0 Å². The molecule has 0 radical (unpaired) electrons. The normalized spacial score (nSPS) is 11.8. The lowest BCUT2D eigenvalue weighted by Gasteiger charge is -2.06. The van der Waals surface area contributed by atoms with E-state index < -0.39 is 0 Å². The molecule has 2 heteroatoms. The van der Waals surface area contributed by atoms with E-state index in [4.69, 9.17) is 9.47 Å². The van der Waals surface area contributed by atoms with Crippen molar-refractivity contribution < 1.29 is 9.47 Å². The van der Waals surface area contributed by atoms with Crippen LogP contribution in [0.15, 0.2) is 12.2 Å². The van der Waals surface area contributed by atoms with Crippen molar-refractivity contribution in [3.05, 3.63) is 12.2 Å². The molecule has 41 heavy (non-hydrogen) atoms. The van der Waals surface area contributed by atoms with E-state index in [1.807, 2.05) is 0 Å². The molecule has 0 aromatic heterocycles. The second kappa shape index (κ2) is 39.7. The molecular weight excluding hydrogens is 500 g/mol. The average molecular weight is 579 g/mol. The predicted octanol–water partition coefficient (Wildman–Crippen LogP) is 13.7. The molecule has 0 aliphatic rings. The molecule has 0 aromatic carbocycles. The second-order valence-corrected chi connectivity index (χ2v) is 12.8. The van der Waals surface area contributed by atoms with Crippen molar-refractivity contribution in [1.29, 1.82) is 0 Å². The Morgan fingerprint density at radius 1 is 0.268 bits per heavy atom. The molecule has 0 saturated carbocycles. The molecule has 0 fully saturated rings. The summed E-state index contributed by atoms with van der Waals surface area (Å²) in [7, 11) is 0. The summed E-state index contributed by atoms with van der Waals surface area (Å²) >= 11 is 0. The molecule has 0 aromatic rings. The summed E-state index contributed by atoms with van der Waals surface area (Å²) in [6.07, 6.45) is 47.7. The minimum absolute atomic E-state index is 0.865. The van der Waals surface area contributed by atoms with Crippen LogP contribution < -0.4 is 0 Å². The van der Waals surface area contributed by atoms with Gasteiger partial charge in [0.05, 0.1) is 0 Å². The largest absolute Gasteiger partial charge is 0.381 e. The van der Waals surface area contributed by atoms with E-state index in [0.717, 1.165) is 32.8 Å². The van der Waals surface area contributed by atoms with E-state index in [9.17, 15) is 0 Å². The molecule has 0 rings (SSSR count). The molecule has 0 atom stereocenters. The summed E-state index contributed by atoms with van der Waals surface area (Å²) in [6, 6.07) is 0. The van der Waals surface area contributed by atoms with E-state index in [1.54, 1.807) is 0 Å². The van der Waals surface area contributed by atoms with Crippen molar-refractivity contribution in [2.45, 2.75) is 213 Å². The van der Waals surface area contributed by atoms with Crippen LogP contribution in [0.25, 0.3) is 0 Å². The van der Waals surface area contributed by atoms with Gasteiger partial charge in [0.1, 0.15) is 0 Å². The molecule has 0 unspecified atom stereocenters. The van der Waals surface area contributed by atoms with Crippen LogP contribution in [-0.4, -0.2) is 26.4 Å². The summed E-state index contributed by atoms with van der Waals surface area (Å²) in [5.74, 6) is 0. The minimum Gasteiger partial charge on any atom is -0.381 e. The van der Waals surface area contributed by atoms with Gasteiger partial charge in [0.15, 0.2) is 0 Å². The van der Waals surface area contributed by atoms with E-state index in [1.165, 1.54) is 193 Å². The van der Waals surface area contributed by atoms with Crippen molar-refractivity contribution in [3.8, 4) is 0 Å². The Morgan fingerprint density at radius 2 is 0.512 bits per heavy atom. The third kappa shape index (κ3) is 39.7. The third-order valence-electron chi connectivity index (χ3n) is 8.52. The molecule has 0 aliphatic heterocycles. The maximum Gasteiger partial charge on any atom is 0.0487 e. The number of unbranched alkanes of at least 4 members (excludes halogenated alkanes) is 27. The zero-order chi connectivity index (χ0) is 29.6. The summed E-state index contributed by atoms with van der Waals surface area (Å²) in [4.78, 5) is 0. The topological polar surface area (TPSA) is 18.5 Å². The quantitative estimate of drug-likeness (QED) is 0.0539. The molecule has 0 saturated heterocycles. The number of rotatable bonds is 37. The Labute approximate surface area is 260 Å². The smallest absolute Gasteiger partial charge is 0.0487 e. The van der Waals surface area contributed by atoms with Gasteiger partial charge in [-0.05, 0) is 44.9 Å². The van der Waals surface area contributed by atoms with Gasteiger partial charge in [-0.3, -0.25) is 0 Å². The fraction of sp³-hybridized carbons (Fsp3) is 0.949. The third-order valence-corrected chi connectivity index (χ3v) is 8.52. The van der Waals surface area contributed by atoms with E-state index in [2.05, 4.69) is 26.0 Å². The van der Waals surface area contributed by atoms with Crippen LogP contribution >= 0.6 is 0 Å². The first-order valence-electron chi connectivity index (χ1n) is 19.2. The van der Waals surface area contributed by atoms with Crippen molar-refractivity contribution >= 4 is 0 Å². The highest BCUT2D eigenvalue weighted by atomic mass is 16.5. The molecule has 0 spiro atoms. The Kier molecular flexibility index (Phi) is 39.3. The van der Waals surface area contributed by atoms with Gasteiger partial charge in [-0.2, -0.15) is 0 Å². The highest BCUT2D eigenvalue weighted by Gasteiger charge is 1.96. The molecule has 0 heterocycles. The van der Waals surface area contributed by atoms with Crippen LogP contribution in [0, 0.1) is 0 Å². The fourth-order valence-corrected chi connectivity index (χ4v) is 5.67. The summed E-state index contributed by atoms with van der Waals surface area (Å²) in [5.41, 5.74) is 0. The fourth-order valence-electron chi connectivity index (χ4n) is 5.67. The summed E-state index contributed by atoms with van der Waals surface area (Å²) in [5, 5.41) is 0. The molecule has 0 bridgehead atoms. The van der Waals surface area contributed by atoms with Crippen LogP contribution in [0.5, 0.6) is 0 Å². The van der Waals surface area contributed by atoms with Gasteiger partial charge in [-0.15, -0.1) is 0 Å². The Bertz CT molecular complexity index is 460.